The lowest BCUT2D eigenvalue weighted by Gasteiger charge is -2.17. The summed E-state index contributed by atoms with van der Waals surface area (Å²) in [6.45, 7) is 3.08. The fraction of sp³-hybridized carbons (Fsp3) is 0.350. The molecule has 9 heteroatoms. The van der Waals surface area contributed by atoms with Gasteiger partial charge in [0.05, 0.1) is 17.2 Å². The summed E-state index contributed by atoms with van der Waals surface area (Å²) in [6, 6.07) is 7.97. The number of ether oxygens (including phenoxy) is 2. The first-order chi connectivity index (χ1) is 13.6. The van der Waals surface area contributed by atoms with Gasteiger partial charge in [0.25, 0.3) is 5.91 Å². The Morgan fingerprint density at radius 2 is 1.79 bits per heavy atom. The van der Waals surface area contributed by atoms with Crippen LogP contribution in [0.4, 0.5) is 18.9 Å². The minimum atomic E-state index is -4.57. The molecule has 0 atom stereocenters. The second-order valence-electron chi connectivity index (χ2n) is 6.36. The van der Waals surface area contributed by atoms with Crippen LogP contribution in [0.2, 0.25) is 5.02 Å². The lowest BCUT2D eigenvalue weighted by atomic mass is 10.1. The summed E-state index contributed by atoms with van der Waals surface area (Å²) in [5.74, 6) is 0.0448. The van der Waals surface area contributed by atoms with E-state index in [9.17, 15) is 18.0 Å². The van der Waals surface area contributed by atoms with Crippen molar-refractivity contribution >= 4 is 23.2 Å². The number of carbonyl (C=O) groups excluding carboxylic acids is 1. The van der Waals surface area contributed by atoms with Crippen LogP contribution < -0.4 is 14.8 Å². The Bertz CT molecular complexity index is 857. The zero-order chi connectivity index (χ0) is 21.6. The van der Waals surface area contributed by atoms with Gasteiger partial charge in [-0.25, -0.2) is 0 Å². The highest BCUT2D eigenvalue weighted by Gasteiger charge is 2.33. The van der Waals surface area contributed by atoms with Gasteiger partial charge in [-0.1, -0.05) is 17.7 Å². The molecule has 2 aromatic carbocycles. The number of amides is 1. The summed E-state index contributed by atoms with van der Waals surface area (Å²) in [5.41, 5.74) is -0.692. The van der Waals surface area contributed by atoms with Crippen LogP contribution in [0.5, 0.6) is 11.5 Å². The van der Waals surface area contributed by atoms with Gasteiger partial charge >= 0.3 is 6.18 Å². The molecule has 0 aromatic heterocycles. The van der Waals surface area contributed by atoms with Crippen LogP contribution in [0.15, 0.2) is 36.4 Å². The third-order valence-corrected chi connectivity index (χ3v) is 4.16. The Labute approximate surface area is 172 Å². The van der Waals surface area contributed by atoms with Gasteiger partial charge in [0.2, 0.25) is 0 Å². The molecular formula is C20H22ClF3N2O3. The smallest absolute Gasteiger partial charge is 0.417 e. The summed E-state index contributed by atoms with van der Waals surface area (Å²) >= 11 is 5.73. The molecule has 0 aliphatic carbocycles. The van der Waals surface area contributed by atoms with Crippen LogP contribution in [0, 0.1) is 0 Å². The SMILES string of the molecule is CCOc1cccc(OCCN(C)C)c1C(=O)Nc1ccc(C(F)(F)F)c(Cl)c1. The first-order valence-electron chi connectivity index (χ1n) is 8.85. The third-order valence-electron chi connectivity index (χ3n) is 3.84. The van der Waals surface area contributed by atoms with Gasteiger partial charge in [-0.3, -0.25) is 4.79 Å². The molecule has 1 amide bonds. The summed E-state index contributed by atoms with van der Waals surface area (Å²) in [6.07, 6.45) is -4.57. The molecule has 0 fully saturated rings. The first kappa shape index (κ1) is 22.8. The van der Waals surface area contributed by atoms with E-state index in [0.717, 1.165) is 18.2 Å². The van der Waals surface area contributed by atoms with Crippen molar-refractivity contribution in [3.63, 3.8) is 0 Å². The highest BCUT2D eigenvalue weighted by molar-refractivity contribution is 6.31. The molecule has 0 aliphatic heterocycles. The number of carbonyl (C=O) groups is 1. The average molecular weight is 431 g/mol. The van der Waals surface area contributed by atoms with Gasteiger partial charge in [0.15, 0.2) is 0 Å². The Morgan fingerprint density at radius 1 is 1.14 bits per heavy atom. The van der Waals surface area contributed by atoms with Crippen LogP contribution in [0.1, 0.15) is 22.8 Å². The highest BCUT2D eigenvalue weighted by Crippen LogP contribution is 2.36. The van der Waals surface area contributed by atoms with Crippen molar-refractivity contribution in [2.24, 2.45) is 0 Å². The molecule has 0 radical (unpaired) electrons. The Hall–Kier alpha value is -2.45. The van der Waals surface area contributed by atoms with Crippen molar-refractivity contribution < 1.29 is 27.4 Å². The Morgan fingerprint density at radius 3 is 2.34 bits per heavy atom. The number of hydrogen-bond donors (Lipinski definition) is 1. The monoisotopic (exact) mass is 430 g/mol. The van der Waals surface area contributed by atoms with Crippen molar-refractivity contribution in [3.8, 4) is 11.5 Å². The largest absolute Gasteiger partial charge is 0.493 e. The normalized spacial score (nSPS) is 11.4. The second-order valence-corrected chi connectivity index (χ2v) is 6.77. The van der Waals surface area contributed by atoms with E-state index in [4.69, 9.17) is 21.1 Å². The quantitative estimate of drug-likeness (QED) is 0.643. The van der Waals surface area contributed by atoms with Crippen LogP contribution in [0.25, 0.3) is 0 Å². The topological polar surface area (TPSA) is 50.8 Å². The molecule has 0 bridgehead atoms. The minimum absolute atomic E-state index is 0.124. The maximum Gasteiger partial charge on any atom is 0.417 e. The lowest BCUT2D eigenvalue weighted by molar-refractivity contribution is -0.137. The van der Waals surface area contributed by atoms with Crippen molar-refractivity contribution in [3.05, 3.63) is 52.5 Å². The molecule has 2 aromatic rings. The Kier molecular flexibility index (Phi) is 7.75. The van der Waals surface area contributed by atoms with E-state index in [1.165, 1.54) is 0 Å². The van der Waals surface area contributed by atoms with Crippen molar-refractivity contribution in [2.75, 3.05) is 39.2 Å². The number of nitrogens with zero attached hydrogens (tertiary/aromatic N) is 1. The molecule has 0 spiro atoms. The minimum Gasteiger partial charge on any atom is -0.493 e. The molecule has 0 unspecified atom stereocenters. The summed E-state index contributed by atoms with van der Waals surface area (Å²) in [7, 11) is 3.78. The van der Waals surface area contributed by atoms with E-state index in [2.05, 4.69) is 5.32 Å². The second kappa shape index (κ2) is 9.84. The summed E-state index contributed by atoms with van der Waals surface area (Å²) in [4.78, 5) is 14.8. The van der Waals surface area contributed by atoms with E-state index in [1.54, 1.807) is 25.1 Å². The number of halogens is 4. The summed E-state index contributed by atoms with van der Waals surface area (Å²) in [5, 5.41) is 2.05. The maximum absolute atomic E-state index is 12.9. The van der Waals surface area contributed by atoms with Crippen LogP contribution in [-0.4, -0.2) is 44.7 Å². The van der Waals surface area contributed by atoms with Crippen molar-refractivity contribution in [1.82, 2.24) is 4.90 Å². The number of nitrogens with one attached hydrogen (secondary N) is 1. The predicted octanol–water partition coefficient (Wildman–Crippen LogP) is 4.95. The summed E-state index contributed by atoms with van der Waals surface area (Å²) < 4.78 is 49.8. The van der Waals surface area contributed by atoms with Gasteiger partial charge in [-0.15, -0.1) is 0 Å². The van der Waals surface area contributed by atoms with Crippen LogP contribution in [-0.2, 0) is 6.18 Å². The zero-order valence-electron chi connectivity index (χ0n) is 16.3. The van der Waals surface area contributed by atoms with E-state index < -0.39 is 22.7 Å². The first-order valence-corrected chi connectivity index (χ1v) is 9.22. The molecule has 158 valence electrons. The van der Waals surface area contributed by atoms with Gasteiger partial charge in [-0.2, -0.15) is 13.2 Å². The molecule has 0 saturated heterocycles. The number of rotatable bonds is 8. The number of benzene rings is 2. The molecule has 2 rings (SSSR count). The molecule has 1 N–H and O–H groups in total. The average Bonchev–Trinajstić information content (AvgIpc) is 2.60. The van der Waals surface area contributed by atoms with Crippen molar-refractivity contribution in [2.45, 2.75) is 13.1 Å². The van der Waals surface area contributed by atoms with Gasteiger partial charge < -0.3 is 19.7 Å². The van der Waals surface area contributed by atoms with E-state index in [-0.39, 0.29) is 11.3 Å². The maximum atomic E-state index is 12.9. The standard InChI is InChI=1S/C20H22ClF3N2O3/c1-4-28-16-6-5-7-17(29-11-10-26(2)3)18(16)19(27)25-13-8-9-14(15(21)12-13)20(22,23)24/h5-9,12H,4,10-11H2,1-3H3,(H,25,27). The number of hydrogen-bond acceptors (Lipinski definition) is 4. The van der Waals surface area contributed by atoms with E-state index in [0.29, 0.717) is 31.3 Å². The number of likely N-dealkylation sites (N-methyl/N-ethyl adjacent to an activating group) is 1. The fourth-order valence-corrected chi connectivity index (χ4v) is 2.77. The zero-order valence-corrected chi connectivity index (χ0v) is 17.0. The molecule has 0 heterocycles. The van der Waals surface area contributed by atoms with E-state index >= 15 is 0 Å². The number of anilines is 1. The van der Waals surface area contributed by atoms with Gasteiger partial charge in [0, 0.05) is 12.2 Å². The molecular weight excluding hydrogens is 409 g/mol. The van der Waals surface area contributed by atoms with Gasteiger partial charge in [-0.05, 0) is 51.4 Å². The fourth-order valence-electron chi connectivity index (χ4n) is 2.49. The molecule has 0 aliphatic rings. The molecule has 29 heavy (non-hydrogen) atoms. The Balaban J connectivity index is 2.29. The lowest BCUT2D eigenvalue weighted by Crippen LogP contribution is -2.21. The number of alkyl halides is 3. The van der Waals surface area contributed by atoms with Gasteiger partial charge in [0.1, 0.15) is 23.7 Å². The van der Waals surface area contributed by atoms with Crippen LogP contribution >= 0.6 is 11.6 Å². The van der Waals surface area contributed by atoms with Crippen molar-refractivity contribution in [1.29, 1.82) is 0 Å². The third kappa shape index (κ3) is 6.27. The highest BCUT2D eigenvalue weighted by atomic mass is 35.5. The van der Waals surface area contributed by atoms with Crippen LogP contribution in [0.3, 0.4) is 0 Å². The van der Waals surface area contributed by atoms with E-state index in [1.807, 2.05) is 19.0 Å². The molecule has 0 saturated carbocycles. The predicted molar refractivity (Wildman–Crippen MR) is 106 cm³/mol. The molecule has 5 nitrogen and oxygen atoms in total.